The number of fused-ring (bicyclic) bond motifs is 1. The molecule has 34 heavy (non-hydrogen) atoms. The van der Waals surface area contributed by atoms with Crippen molar-refractivity contribution >= 4 is 40.9 Å². The molecule has 1 aliphatic heterocycles. The molecule has 0 unspecified atom stereocenters. The van der Waals surface area contributed by atoms with Gasteiger partial charge in [-0.1, -0.05) is 23.7 Å². The second-order valence-electron chi connectivity index (χ2n) is 7.75. The first kappa shape index (κ1) is 23.3. The number of benzene rings is 2. The van der Waals surface area contributed by atoms with E-state index < -0.39 is 18.5 Å². The number of para-hydroxylation sites is 1. The number of rotatable bonds is 6. The van der Waals surface area contributed by atoms with E-state index in [4.69, 9.17) is 21.4 Å². The number of carboxylic acids is 1. The SMILES string of the molecule is O=C(O)COc1ccccc1C(=O)Nc1ccc(C(=O)N2CCCCc3cc(Cl)ccc32)cn1. The Balaban J connectivity index is 1.49. The molecule has 0 saturated carbocycles. The second kappa shape index (κ2) is 10.4. The van der Waals surface area contributed by atoms with Crippen molar-refractivity contribution in [2.24, 2.45) is 0 Å². The summed E-state index contributed by atoms with van der Waals surface area (Å²) < 4.78 is 5.18. The Morgan fingerprint density at radius 2 is 1.91 bits per heavy atom. The number of halogens is 1. The number of nitrogens with zero attached hydrogens (tertiary/aromatic N) is 2. The highest BCUT2D eigenvalue weighted by molar-refractivity contribution is 6.30. The molecule has 0 saturated heterocycles. The van der Waals surface area contributed by atoms with Crippen LogP contribution in [0.2, 0.25) is 5.02 Å². The highest BCUT2D eigenvalue weighted by Crippen LogP contribution is 2.30. The van der Waals surface area contributed by atoms with Gasteiger partial charge in [0.15, 0.2) is 6.61 Å². The number of aromatic nitrogens is 1. The largest absolute Gasteiger partial charge is 0.481 e. The zero-order chi connectivity index (χ0) is 24.1. The maximum Gasteiger partial charge on any atom is 0.341 e. The standard InChI is InChI=1S/C25H22ClN3O5/c26-18-9-10-20-16(13-18)5-3-4-12-29(20)25(33)17-8-11-22(27-14-17)28-24(32)19-6-1-2-7-21(19)34-15-23(30)31/h1-2,6-11,13-14H,3-5,12,15H2,(H,30,31)(H,27,28,32). The summed E-state index contributed by atoms with van der Waals surface area (Å²) in [7, 11) is 0. The van der Waals surface area contributed by atoms with Crippen molar-refractivity contribution in [1.82, 2.24) is 4.98 Å². The van der Waals surface area contributed by atoms with Gasteiger partial charge in [0.1, 0.15) is 11.6 Å². The zero-order valence-electron chi connectivity index (χ0n) is 18.2. The molecule has 0 aliphatic carbocycles. The average Bonchev–Trinajstić information content (AvgIpc) is 3.05. The van der Waals surface area contributed by atoms with Gasteiger partial charge in [-0.2, -0.15) is 0 Å². The van der Waals surface area contributed by atoms with E-state index in [-0.39, 0.29) is 23.0 Å². The van der Waals surface area contributed by atoms with Gasteiger partial charge in [-0.3, -0.25) is 9.59 Å². The lowest BCUT2D eigenvalue weighted by Crippen LogP contribution is -2.31. The number of aryl methyl sites for hydroxylation is 1. The van der Waals surface area contributed by atoms with Gasteiger partial charge in [0.2, 0.25) is 0 Å². The van der Waals surface area contributed by atoms with Crippen LogP contribution < -0.4 is 15.0 Å². The van der Waals surface area contributed by atoms with Crippen LogP contribution in [-0.4, -0.2) is 41.0 Å². The highest BCUT2D eigenvalue weighted by Gasteiger charge is 2.23. The van der Waals surface area contributed by atoms with Crippen LogP contribution in [0.25, 0.3) is 0 Å². The molecule has 174 valence electrons. The smallest absolute Gasteiger partial charge is 0.341 e. The van der Waals surface area contributed by atoms with Crippen molar-refractivity contribution in [3.8, 4) is 5.75 Å². The Labute approximate surface area is 201 Å². The molecule has 9 heteroatoms. The van der Waals surface area contributed by atoms with Gasteiger partial charge in [-0.05, 0) is 67.3 Å². The fraction of sp³-hybridized carbons (Fsp3) is 0.200. The van der Waals surface area contributed by atoms with E-state index in [1.54, 1.807) is 35.2 Å². The number of ether oxygens (including phenoxy) is 1. The molecule has 3 aromatic rings. The number of pyridine rings is 1. The van der Waals surface area contributed by atoms with E-state index in [9.17, 15) is 14.4 Å². The molecular weight excluding hydrogens is 458 g/mol. The van der Waals surface area contributed by atoms with E-state index in [2.05, 4.69) is 10.3 Å². The van der Waals surface area contributed by atoms with Crippen LogP contribution in [0.4, 0.5) is 11.5 Å². The highest BCUT2D eigenvalue weighted by atomic mass is 35.5. The average molecular weight is 480 g/mol. The van der Waals surface area contributed by atoms with E-state index in [1.165, 1.54) is 18.3 Å². The molecular formula is C25H22ClN3O5. The van der Waals surface area contributed by atoms with Gasteiger partial charge in [0, 0.05) is 23.5 Å². The first-order valence-electron chi connectivity index (χ1n) is 10.7. The molecule has 0 atom stereocenters. The van der Waals surface area contributed by atoms with Crippen molar-refractivity contribution in [3.63, 3.8) is 0 Å². The van der Waals surface area contributed by atoms with Crippen LogP contribution in [0.3, 0.4) is 0 Å². The van der Waals surface area contributed by atoms with Crippen LogP contribution in [0.1, 0.15) is 39.1 Å². The summed E-state index contributed by atoms with van der Waals surface area (Å²) in [6.07, 6.45) is 4.13. The van der Waals surface area contributed by atoms with Gasteiger partial charge in [-0.15, -0.1) is 0 Å². The molecule has 2 aromatic carbocycles. The van der Waals surface area contributed by atoms with E-state index >= 15 is 0 Å². The van der Waals surface area contributed by atoms with Gasteiger partial charge < -0.3 is 20.1 Å². The fourth-order valence-corrected chi connectivity index (χ4v) is 3.98. The normalized spacial score (nSPS) is 12.9. The maximum atomic E-state index is 13.2. The third-order valence-corrected chi connectivity index (χ3v) is 5.63. The molecule has 2 N–H and O–H groups in total. The topological polar surface area (TPSA) is 109 Å². The van der Waals surface area contributed by atoms with Crippen LogP contribution in [-0.2, 0) is 11.2 Å². The molecule has 4 rings (SSSR count). The molecule has 2 heterocycles. The van der Waals surface area contributed by atoms with Crippen molar-refractivity contribution in [3.05, 3.63) is 82.5 Å². The van der Waals surface area contributed by atoms with Crippen LogP contribution in [0, 0.1) is 0 Å². The Hall–Kier alpha value is -3.91. The lowest BCUT2D eigenvalue weighted by molar-refractivity contribution is -0.139. The molecule has 8 nitrogen and oxygen atoms in total. The van der Waals surface area contributed by atoms with Crippen molar-refractivity contribution < 1.29 is 24.2 Å². The first-order chi connectivity index (χ1) is 16.4. The van der Waals surface area contributed by atoms with Crippen molar-refractivity contribution in [1.29, 1.82) is 0 Å². The van der Waals surface area contributed by atoms with Crippen LogP contribution in [0.15, 0.2) is 60.8 Å². The number of carboxylic acid groups (broad SMARTS) is 1. The molecule has 0 radical (unpaired) electrons. The molecule has 2 amide bonds. The molecule has 0 fully saturated rings. The summed E-state index contributed by atoms with van der Waals surface area (Å²) in [5, 5.41) is 12.1. The molecule has 1 aliphatic rings. The number of hydrogen-bond acceptors (Lipinski definition) is 5. The molecule has 1 aromatic heterocycles. The van der Waals surface area contributed by atoms with Crippen LogP contribution in [0.5, 0.6) is 5.75 Å². The lowest BCUT2D eigenvalue weighted by atomic mass is 10.1. The third kappa shape index (κ3) is 5.35. The number of carbonyl (C=O) groups is 3. The predicted octanol–water partition coefficient (Wildman–Crippen LogP) is 4.43. The quantitative estimate of drug-likeness (QED) is 0.541. The summed E-state index contributed by atoms with van der Waals surface area (Å²) in [5.41, 5.74) is 2.46. The van der Waals surface area contributed by atoms with E-state index in [0.717, 1.165) is 30.5 Å². The number of hydrogen-bond donors (Lipinski definition) is 2. The molecule has 0 bridgehead atoms. The number of amides is 2. The van der Waals surface area contributed by atoms with Gasteiger partial charge in [0.25, 0.3) is 11.8 Å². The minimum absolute atomic E-state index is 0.147. The maximum absolute atomic E-state index is 13.2. The minimum atomic E-state index is -1.15. The summed E-state index contributed by atoms with van der Waals surface area (Å²) in [5.74, 6) is -1.44. The molecule has 0 spiro atoms. The zero-order valence-corrected chi connectivity index (χ0v) is 18.9. The summed E-state index contributed by atoms with van der Waals surface area (Å²) in [6.45, 7) is 0.0320. The number of aliphatic carboxylic acids is 1. The summed E-state index contributed by atoms with van der Waals surface area (Å²) >= 11 is 6.14. The second-order valence-corrected chi connectivity index (χ2v) is 8.19. The first-order valence-corrected chi connectivity index (χ1v) is 11.1. The van der Waals surface area contributed by atoms with Crippen molar-refractivity contribution in [2.45, 2.75) is 19.3 Å². The number of carbonyl (C=O) groups excluding carboxylic acids is 2. The third-order valence-electron chi connectivity index (χ3n) is 5.39. The Morgan fingerprint density at radius 3 is 2.68 bits per heavy atom. The van der Waals surface area contributed by atoms with Gasteiger partial charge >= 0.3 is 5.97 Å². The minimum Gasteiger partial charge on any atom is -0.481 e. The van der Waals surface area contributed by atoms with E-state index in [0.29, 0.717) is 17.1 Å². The monoisotopic (exact) mass is 479 g/mol. The van der Waals surface area contributed by atoms with E-state index in [1.807, 2.05) is 12.1 Å². The van der Waals surface area contributed by atoms with Crippen molar-refractivity contribution in [2.75, 3.05) is 23.4 Å². The predicted molar refractivity (Wildman–Crippen MR) is 128 cm³/mol. The fourth-order valence-electron chi connectivity index (χ4n) is 3.79. The van der Waals surface area contributed by atoms with Crippen LogP contribution >= 0.6 is 11.6 Å². The van der Waals surface area contributed by atoms with Gasteiger partial charge in [-0.25, -0.2) is 9.78 Å². The number of nitrogens with one attached hydrogen (secondary N) is 1. The summed E-state index contributed by atoms with van der Waals surface area (Å²) in [4.78, 5) is 42.6. The Morgan fingerprint density at radius 1 is 1.09 bits per heavy atom. The van der Waals surface area contributed by atoms with Gasteiger partial charge in [0.05, 0.1) is 11.1 Å². The lowest BCUT2D eigenvalue weighted by Gasteiger charge is -2.23. The number of anilines is 2. The Kier molecular flexibility index (Phi) is 7.08. The summed E-state index contributed by atoms with van der Waals surface area (Å²) in [6, 6.07) is 15.0. The Bertz CT molecular complexity index is 1230.